The van der Waals surface area contributed by atoms with E-state index >= 15 is 0 Å². The fourth-order valence-electron chi connectivity index (χ4n) is 1.57. The van der Waals surface area contributed by atoms with Crippen molar-refractivity contribution in [2.75, 3.05) is 0 Å². The molecule has 1 atom stereocenters. The minimum Gasteiger partial charge on any atom is -0.424 e. The predicted molar refractivity (Wildman–Crippen MR) is 61.6 cm³/mol. The molecule has 0 N–H and O–H groups in total. The maximum Gasteiger partial charge on any atom is 0.146 e. The zero-order chi connectivity index (χ0) is 10.3. The van der Waals surface area contributed by atoms with Gasteiger partial charge in [-0.2, -0.15) is 0 Å². The summed E-state index contributed by atoms with van der Waals surface area (Å²) < 4.78 is 5.61. The monoisotopic (exact) mass is 198 g/mol. The summed E-state index contributed by atoms with van der Waals surface area (Å²) in [5.41, 5.74) is 0.0195. The van der Waals surface area contributed by atoms with Gasteiger partial charge in [0.05, 0.1) is 11.5 Å². The third-order valence-corrected chi connectivity index (χ3v) is 2.93. The molecule has 0 fully saturated rings. The van der Waals surface area contributed by atoms with Crippen LogP contribution < -0.4 is 0 Å². The molecule has 0 aromatic rings. The van der Waals surface area contributed by atoms with Gasteiger partial charge in [0, 0.05) is 0 Å². The first-order valence-corrected chi connectivity index (χ1v) is 5.86. The molecule has 0 saturated heterocycles. The van der Waals surface area contributed by atoms with E-state index < -0.39 is 0 Å². The Balaban J connectivity index is 4.25. The highest BCUT2D eigenvalue weighted by Crippen LogP contribution is 2.25. The van der Waals surface area contributed by atoms with Gasteiger partial charge < -0.3 is 4.43 Å². The van der Waals surface area contributed by atoms with E-state index in [1.807, 2.05) is 6.92 Å². The lowest BCUT2D eigenvalue weighted by molar-refractivity contribution is 0.113. The highest BCUT2D eigenvalue weighted by molar-refractivity contribution is 5.98. The molecule has 0 rings (SSSR count). The highest BCUT2D eigenvalue weighted by Gasteiger charge is 2.26. The standard InChI is InChI=1S/C11H22OSi/c1-5-7-8-10(12-13)11(3,4)9-6-2/h10H,5,7-8H2,1-4,13H3. The molecular weight excluding hydrogens is 176 g/mol. The molecule has 0 heterocycles. The van der Waals surface area contributed by atoms with Crippen molar-refractivity contribution in [3.63, 3.8) is 0 Å². The van der Waals surface area contributed by atoms with E-state index in [2.05, 4.69) is 32.6 Å². The average molecular weight is 198 g/mol. The van der Waals surface area contributed by atoms with Crippen LogP contribution in [-0.4, -0.2) is 16.6 Å². The van der Waals surface area contributed by atoms with Crippen molar-refractivity contribution in [2.45, 2.75) is 53.1 Å². The lowest BCUT2D eigenvalue weighted by Crippen LogP contribution is -2.30. The zero-order valence-electron chi connectivity index (χ0n) is 9.61. The zero-order valence-corrected chi connectivity index (χ0v) is 11.6. The summed E-state index contributed by atoms with van der Waals surface area (Å²) in [6.45, 7) is 8.44. The second kappa shape index (κ2) is 6.23. The maximum absolute atomic E-state index is 5.61. The summed E-state index contributed by atoms with van der Waals surface area (Å²) in [5.74, 6) is 6.21. The van der Waals surface area contributed by atoms with Crippen molar-refractivity contribution >= 4 is 10.5 Å². The summed E-state index contributed by atoms with van der Waals surface area (Å²) in [6.07, 6.45) is 3.94. The molecule has 0 bridgehead atoms. The quantitative estimate of drug-likeness (QED) is 0.484. The normalized spacial score (nSPS) is 13.5. The van der Waals surface area contributed by atoms with Gasteiger partial charge in [0.2, 0.25) is 0 Å². The molecule has 0 aliphatic carbocycles. The highest BCUT2D eigenvalue weighted by atomic mass is 28.2. The number of rotatable bonds is 5. The molecule has 0 aliphatic rings. The van der Waals surface area contributed by atoms with Crippen LogP contribution >= 0.6 is 0 Å². The third kappa shape index (κ3) is 4.49. The number of hydrogen-bond donors (Lipinski definition) is 0. The number of unbranched alkanes of at least 4 members (excludes halogenated alkanes) is 1. The number of hydrogen-bond acceptors (Lipinski definition) is 1. The summed E-state index contributed by atoms with van der Waals surface area (Å²) in [4.78, 5) is 0. The Morgan fingerprint density at radius 3 is 2.46 bits per heavy atom. The van der Waals surface area contributed by atoms with Crippen LogP contribution in [0.1, 0.15) is 47.0 Å². The molecule has 2 heteroatoms. The Morgan fingerprint density at radius 1 is 1.46 bits per heavy atom. The predicted octanol–water partition coefficient (Wildman–Crippen LogP) is 1.89. The Hall–Kier alpha value is -0.263. The lowest BCUT2D eigenvalue weighted by Gasteiger charge is -2.29. The van der Waals surface area contributed by atoms with Gasteiger partial charge in [-0.1, -0.05) is 25.7 Å². The van der Waals surface area contributed by atoms with Crippen molar-refractivity contribution in [1.29, 1.82) is 0 Å². The SMILES string of the molecule is CC#CC(C)(C)C(CCCC)O[SiH3]. The molecule has 76 valence electrons. The first kappa shape index (κ1) is 12.7. The van der Waals surface area contributed by atoms with Gasteiger partial charge in [-0.15, -0.1) is 5.92 Å². The molecule has 0 radical (unpaired) electrons. The van der Waals surface area contributed by atoms with E-state index in [0.29, 0.717) is 6.10 Å². The second-order valence-electron chi connectivity index (χ2n) is 3.96. The van der Waals surface area contributed by atoms with Crippen LogP contribution in [0.3, 0.4) is 0 Å². The Labute approximate surface area is 85.8 Å². The molecule has 0 aromatic heterocycles. The first-order chi connectivity index (χ1) is 6.08. The van der Waals surface area contributed by atoms with Crippen LogP contribution in [0.15, 0.2) is 0 Å². The van der Waals surface area contributed by atoms with Crippen molar-refractivity contribution in [3.8, 4) is 11.8 Å². The van der Waals surface area contributed by atoms with Crippen LogP contribution in [0.2, 0.25) is 0 Å². The van der Waals surface area contributed by atoms with E-state index in [9.17, 15) is 0 Å². The summed E-state index contributed by atoms with van der Waals surface area (Å²) in [6, 6.07) is 0. The largest absolute Gasteiger partial charge is 0.424 e. The molecule has 1 unspecified atom stereocenters. The molecule has 13 heavy (non-hydrogen) atoms. The Kier molecular flexibility index (Phi) is 6.10. The van der Waals surface area contributed by atoms with Gasteiger partial charge in [0.25, 0.3) is 0 Å². The van der Waals surface area contributed by atoms with Gasteiger partial charge in [-0.25, -0.2) is 0 Å². The summed E-state index contributed by atoms with van der Waals surface area (Å²) in [7, 11) is 0.809. The van der Waals surface area contributed by atoms with Crippen LogP contribution in [0.5, 0.6) is 0 Å². The molecule has 0 aliphatic heterocycles. The van der Waals surface area contributed by atoms with Crippen molar-refractivity contribution < 1.29 is 4.43 Å². The van der Waals surface area contributed by atoms with Crippen molar-refractivity contribution in [2.24, 2.45) is 5.41 Å². The third-order valence-electron chi connectivity index (χ3n) is 2.36. The lowest BCUT2D eigenvalue weighted by atomic mass is 9.84. The molecular formula is C11H22OSi. The fourth-order valence-corrected chi connectivity index (χ4v) is 2.39. The van der Waals surface area contributed by atoms with Gasteiger partial charge in [0.15, 0.2) is 0 Å². The summed E-state index contributed by atoms with van der Waals surface area (Å²) >= 11 is 0. The van der Waals surface area contributed by atoms with E-state index in [0.717, 1.165) is 16.9 Å². The molecule has 0 spiro atoms. The van der Waals surface area contributed by atoms with Crippen molar-refractivity contribution in [1.82, 2.24) is 0 Å². The van der Waals surface area contributed by atoms with E-state index in [-0.39, 0.29) is 5.41 Å². The average Bonchev–Trinajstić information content (AvgIpc) is 2.05. The Bertz CT molecular complexity index is 188. The first-order valence-electron chi connectivity index (χ1n) is 5.05. The molecule has 0 amide bonds. The summed E-state index contributed by atoms with van der Waals surface area (Å²) in [5, 5.41) is 0. The topological polar surface area (TPSA) is 9.23 Å². The van der Waals surface area contributed by atoms with Crippen LogP contribution in [0, 0.1) is 17.3 Å². The minimum atomic E-state index is 0.0195. The van der Waals surface area contributed by atoms with Crippen LogP contribution in [0.4, 0.5) is 0 Å². The van der Waals surface area contributed by atoms with Crippen LogP contribution in [-0.2, 0) is 4.43 Å². The van der Waals surface area contributed by atoms with Gasteiger partial charge in [0.1, 0.15) is 10.5 Å². The maximum atomic E-state index is 5.61. The van der Waals surface area contributed by atoms with Gasteiger partial charge >= 0.3 is 0 Å². The van der Waals surface area contributed by atoms with Crippen molar-refractivity contribution in [3.05, 3.63) is 0 Å². The van der Waals surface area contributed by atoms with Gasteiger partial charge in [-0.05, 0) is 27.2 Å². The van der Waals surface area contributed by atoms with Gasteiger partial charge in [-0.3, -0.25) is 0 Å². The molecule has 0 saturated carbocycles. The van der Waals surface area contributed by atoms with Crippen LogP contribution in [0.25, 0.3) is 0 Å². The minimum absolute atomic E-state index is 0.0195. The fraction of sp³-hybridized carbons (Fsp3) is 0.818. The second-order valence-corrected chi connectivity index (χ2v) is 4.43. The van der Waals surface area contributed by atoms with E-state index in [1.54, 1.807) is 0 Å². The van der Waals surface area contributed by atoms with E-state index in [1.165, 1.54) is 12.8 Å². The smallest absolute Gasteiger partial charge is 0.146 e. The molecule has 0 aromatic carbocycles. The van der Waals surface area contributed by atoms with E-state index in [4.69, 9.17) is 4.43 Å². The Morgan fingerprint density at radius 2 is 2.08 bits per heavy atom. The molecule has 1 nitrogen and oxygen atoms in total.